The first kappa shape index (κ1) is 10.7. The molecule has 0 N–H and O–H groups in total. The van der Waals surface area contributed by atoms with Gasteiger partial charge in [0.25, 0.3) is 0 Å². The fourth-order valence-electron chi connectivity index (χ4n) is 2.84. The van der Waals surface area contributed by atoms with Gasteiger partial charge in [-0.25, -0.2) is 0 Å². The number of aryl methyl sites for hydroxylation is 1. The summed E-state index contributed by atoms with van der Waals surface area (Å²) in [6.07, 6.45) is 8.53. The summed E-state index contributed by atoms with van der Waals surface area (Å²) in [5.41, 5.74) is 1.51. The van der Waals surface area contributed by atoms with Crippen LogP contribution >= 0.6 is 0 Å². The molecule has 1 aliphatic rings. The Labute approximate surface area is 93.7 Å². The highest BCUT2D eigenvalue weighted by Crippen LogP contribution is 2.31. The largest absolute Gasteiger partial charge is 0.0625 e. The van der Waals surface area contributed by atoms with E-state index in [0.29, 0.717) is 0 Å². The molecular weight excluding hydrogens is 180 g/mol. The van der Waals surface area contributed by atoms with Crippen molar-refractivity contribution >= 4 is 0 Å². The molecule has 15 heavy (non-hydrogen) atoms. The molecule has 1 saturated carbocycles. The number of rotatable bonds is 3. The summed E-state index contributed by atoms with van der Waals surface area (Å²) in [5, 5.41) is 0. The molecule has 2 unspecified atom stereocenters. The van der Waals surface area contributed by atoms with E-state index in [1.807, 2.05) is 0 Å². The Morgan fingerprint density at radius 3 is 2.67 bits per heavy atom. The van der Waals surface area contributed by atoms with E-state index in [-0.39, 0.29) is 0 Å². The van der Waals surface area contributed by atoms with Crippen LogP contribution in [0.2, 0.25) is 0 Å². The van der Waals surface area contributed by atoms with E-state index in [0.717, 1.165) is 11.8 Å². The molecule has 0 heteroatoms. The Balaban J connectivity index is 1.78. The van der Waals surface area contributed by atoms with Crippen LogP contribution in [0.3, 0.4) is 0 Å². The lowest BCUT2D eigenvalue weighted by Gasteiger charge is -2.26. The molecule has 2 rings (SSSR count). The van der Waals surface area contributed by atoms with Gasteiger partial charge >= 0.3 is 0 Å². The highest BCUT2D eigenvalue weighted by Gasteiger charge is 2.18. The minimum Gasteiger partial charge on any atom is -0.0625 e. The molecular formula is C15H22. The fourth-order valence-corrected chi connectivity index (χ4v) is 2.84. The minimum atomic E-state index is 0.972. The van der Waals surface area contributed by atoms with Gasteiger partial charge in [0, 0.05) is 0 Å². The first-order valence-electron chi connectivity index (χ1n) is 6.38. The molecule has 1 aromatic carbocycles. The Bertz CT molecular complexity index is 275. The van der Waals surface area contributed by atoms with Crippen molar-refractivity contribution in [1.82, 2.24) is 0 Å². The van der Waals surface area contributed by atoms with Gasteiger partial charge in [-0.05, 0) is 36.7 Å². The standard InChI is InChI=1S/C15H22/c1-13-6-5-9-15(12-13)11-10-14-7-3-2-4-8-14/h2-4,7-8,13,15H,5-6,9-12H2,1H3. The zero-order chi connectivity index (χ0) is 10.5. The molecule has 0 saturated heterocycles. The predicted molar refractivity (Wildman–Crippen MR) is 65.9 cm³/mol. The maximum Gasteiger partial charge on any atom is -0.0276 e. The molecule has 1 aliphatic carbocycles. The van der Waals surface area contributed by atoms with E-state index in [2.05, 4.69) is 37.3 Å². The first-order valence-corrected chi connectivity index (χ1v) is 6.38. The monoisotopic (exact) mass is 202 g/mol. The van der Waals surface area contributed by atoms with E-state index in [4.69, 9.17) is 0 Å². The average Bonchev–Trinajstić information content (AvgIpc) is 2.28. The fraction of sp³-hybridized carbons (Fsp3) is 0.600. The van der Waals surface area contributed by atoms with Crippen LogP contribution < -0.4 is 0 Å². The molecule has 0 nitrogen and oxygen atoms in total. The number of benzene rings is 1. The SMILES string of the molecule is CC1CCCC(CCc2ccccc2)C1. The second-order valence-electron chi connectivity index (χ2n) is 5.16. The van der Waals surface area contributed by atoms with Crippen LogP contribution in [-0.4, -0.2) is 0 Å². The lowest BCUT2D eigenvalue weighted by molar-refractivity contribution is 0.270. The molecule has 1 aromatic rings. The molecule has 0 aliphatic heterocycles. The van der Waals surface area contributed by atoms with Gasteiger partial charge in [-0.1, -0.05) is 56.5 Å². The normalized spacial score (nSPS) is 26.5. The van der Waals surface area contributed by atoms with Crippen LogP contribution in [0.25, 0.3) is 0 Å². The zero-order valence-electron chi connectivity index (χ0n) is 9.78. The Hall–Kier alpha value is -0.780. The van der Waals surface area contributed by atoms with Gasteiger partial charge in [-0.2, -0.15) is 0 Å². The molecule has 0 bridgehead atoms. The summed E-state index contributed by atoms with van der Waals surface area (Å²) in [6.45, 7) is 2.41. The highest BCUT2D eigenvalue weighted by molar-refractivity contribution is 5.14. The van der Waals surface area contributed by atoms with Gasteiger partial charge in [-0.3, -0.25) is 0 Å². The number of hydrogen-bond donors (Lipinski definition) is 0. The first-order chi connectivity index (χ1) is 7.34. The molecule has 0 heterocycles. The third-order valence-corrected chi connectivity index (χ3v) is 3.73. The maximum atomic E-state index is 2.41. The summed E-state index contributed by atoms with van der Waals surface area (Å²) < 4.78 is 0. The van der Waals surface area contributed by atoms with Crippen molar-refractivity contribution in [3.8, 4) is 0 Å². The smallest absolute Gasteiger partial charge is 0.0276 e. The van der Waals surface area contributed by atoms with Crippen LogP contribution in [0, 0.1) is 11.8 Å². The van der Waals surface area contributed by atoms with Crippen molar-refractivity contribution in [2.75, 3.05) is 0 Å². The maximum absolute atomic E-state index is 2.41. The van der Waals surface area contributed by atoms with Crippen molar-refractivity contribution in [2.45, 2.75) is 45.4 Å². The summed E-state index contributed by atoms with van der Waals surface area (Å²) in [5.74, 6) is 1.97. The van der Waals surface area contributed by atoms with Gasteiger partial charge < -0.3 is 0 Å². The van der Waals surface area contributed by atoms with Crippen LogP contribution in [0.5, 0.6) is 0 Å². The van der Waals surface area contributed by atoms with Crippen LogP contribution in [-0.2, 0) is 6.42 Å². The van der Waals surface area contributed by atoms with E-state index in [1.54, 1.807) is 0 Å². The third kappa shape index (κ3) is 3.37. The minimum absolute atomic E-state index is 0.972. The topological polar surface area (TPSA) is 0 Å². The molecule has 0 spiro atoms. The zero-order valence-corrected chi connectivity index (χ0v) is 9.78. The summed E-state index contributed by atoms with van der Waals surface area (Å²) in [6, 6.07) is 10.9. The van der Waals surface area contributed by atoms with Crippen molar-refractivity contribution in [2.24, 2.45) is 11.8 Å². The van der Waals surface area contributed by atoms with E-state index in [1.165, 1.54) is 44.1 Å². The molecule has 0 radical (unpaired) electrons. The van der Waals surface area contributed by atoms with Crippen molar-refractivity contribution in [1.29, 1.82) is 0 Å². The van der Waals surface area contributed by atoms with Crippen LogP contribution in [0.4, 0.5) is 0 Å². The predicted octanol–water partition coefficient (Wildman–Crippen LogP) is 4.45. The Kier molecular flexibility index (Phi) is 3.82. The second kappa shape index (κ2) is 5.34. The second-order valence-corrected chi connectivity index (χ2v) is 5.16. The molecule has 0 aromatic heterocycles. The average molecular weight is 202 g/mol. The Morgan fingerprint density at radius 1 is 1.13 bits per heavy atom. The van der Waals surface area contributed by atoms with Crippen LogP contribution in [0.15, 0.2) is 30.3 Å². The summed E-state index contributed by atoms with van der Waals surface area (Å²) in [4.78, 5) is 0. The highest BCUT2D eigenvalue weighted by atomic mass is 14.2. The van der Waals surface area contributed by atoms with Crippen molar-refractivity contribution in [3.05, 3.63) is 35.9 Å². The third-order valence-electron chi connectivity index (χ3n) is 3.73. The number of hydrogen-bond acceptors (Lipinski definition) is 0. The lowest BCUT2D eigenvalue weighted by Crippen LogP contribution is -2.13. The van der Waals surface area contributed by atoms with Gasteiger partial charge in [-0.15, -0.1) is 0 Å². The summed E-state index contributed by atoms with van der Waals surface area (Å²) in [7, 11) is 0. The Morgan fingerprint density at radius 2 is 1.93 bits per heavy atom. The molecule has 82 valence electrons. The van der Waals surface area contributed by atoms with Gasteiger partial charge in [0.2, 0.25) is 0 Å². The van der Waals surface area contributed by atoms with Gasteiger partial charge in [0.1, 0.15) is 0 Å². The van der Waals surface area contributed by atoms with Crippen molar-refractivity contribution in [3.63, 3.8) is 0 Å². The van der Waals surface area contributed by atoms with Crippen molar-refractivity contribution < 1.29 is 0 Å². The van der Waals surface area contributed by atoms with E-state index >= 15 is 0 Å². The summed E-state index contributed by atoms with van der Waals surface area (Å²) >= 11 is 0. The molecule has 1 fully saturated rings. The lowest BCUT2D eigenvalue weighted by atomic mass is 9.80. The van der Waals surface area contributed by atoms with Gasteiger partial charge in [0.15, 0.2) is 0 Å². The molecule has 2 atom stereocenters. The van der Waals surface area contributed by atoms with E-state index in [9.17, 15) is 0 Å². The van der Waals surface area contributed by atoms with E-state index < -0.39 is 0 Å². The quantitative estimate of drug-likeness (QED) is 0.679. The van der Waals surface area contributed by atoms with Gasteiger partial charge in [0.05, 0.1) is 0 Å². The molecule has 0 amide bonds. The van der Waals surface area contributed by atoms with Crippen LogP contribution in [0.1, 0.15) is 44.6 Å².